The topological polar surface area (TPSA) is 38.7 Å². The van der Waals surface area contributed by atoms with Crippen molar-refractivity contribution in [2.45, 2.75) is 58.5 Å². The van der Waals surface area contributed by atoms with Crippen molar-refractivity contribution >= 4 is 15.9 Å². The van der Waals surface area contributed by atoms with Crippen molar-refractivity contribution in [3.05, 3.63) is 69.3 Å². The number of benzene rings is 1. The van der Waals surface area contributed by atoms with Gasteiger partial charge in [0.05, 0.1) is 11.3 Å². The zero-order valence-corrected chi connectivity index (χ0v) is 18.0. The van der Waals surface area contributed by atoms with Gasteiger partial charge in [-0.25, -0.2) is 0 Å². The number of allylic oxidation sites excluding steroid dienone is 3. The number of rotatable bonds is 7. The molecule has 146 valence electrons. The number of hydrogen-bond donors (Lipinski definition) is 1. The van der Waals surface area contributed by atoms with Crippen LogP contribution in [0.4, 0.5) is 0 Å². The molecule has 2 heterocycles. The zero-order chi connectivity index (χ0) is 19.4. The Morgan fingerprint density at radius 2 is 1.96 bits per heavy atom. The van der Waals surface area contributed by atoms with E-state index in [4.69, 9.17) is 9.47 Å². The van der Waals surface area contributed by atoms with Crippen molar-refractivity contribution in [2.75, 3.05) is 6.61 Å². The van der Waals surface area contributed by atoms with Gasteiger partial charge in [-0.3, -0.25) is 0 Å². The molecule has 3 rings (SSSR count). The lowest BCUT2D eigenvalue weighted by Gasteiger charge is -2.35. The van der Waals surface area contributed by atoms with Crippen LogP contribution >= 0.6 is 15.9 Å². The summed E-state index contributed by atoms with van der Waals surface area (Å²) in [5, 5.41) is 10.8. The lowest BCUT2D eigenvalue weighted by molar-refractivity contribution is 0.0304. The third-order valence-electron chi connectivity index (χ3n) is 5.54. The second-order valence-electron chi connectivity index (χ2n) is 7.50. The molecule has 2 atom stereocenters. The average Bonchev–Trinajstić information content (AvgIpc) is 3.03. The molecule has 2 aliphatic rings. The van der Waals surface area contributed by atoms with Crippen molar-refractivity contribution in [3.8, 4) is 0 Å². The first-order valence-corrected chi connectivity index (χ1v) is 10.6. The largest absolute Gasteiger partial charge is 0.508 e. The van der Waals surface area contributed by atoms with E-state index in [1.165, 1.54) is 5.56 Å². The second-order valence-corrected chi connectivity index (χ2v) is 8.42. The standard InChI is InChI=1S/C23H29BrO3/c1-4-11-23(12-10-16(3)27-23)20-15-26-22(14-21(20)25)18(5-2)13-17-6-8-19(24)9-7-17/h6-10,14,18,25H,4-5,11-13,15H2,1-3H3. The summed E-state index contributed by atoms with van der Waals surface area (Å²) >= 11 is 3.48. The van der Waals surface area contributed by atoms with Crippen LogP contribution in [0.15, 0.2) is 63.7 Å². The van der Waals surface area contributed by atoms with Gasteiger partial charge in [0.25, 0.3) is 0 Å². The molecule has 27 heavy (non-hydrogen) atoms. The molecule has 2 aliphatic heterocycles. The number of hydrogen-bond acceptors (Lipinski definition) is 3. The van der Waals surface area contributed by atoms with Gasteiger partial charge in [0.1, 0.15) is 23.7 Å². The molecule has 0 amide bonds. The average molecular weight is 433 g/mol. The monoisotopic (exact) mass is 432 g/mol. The minimum absolute atomic E-state index is 0.251. The molecule has 4 heteroatoms. The summed E-state index contributed by atoms with van der Waals surface area (Å²) in [4.78, 5) is 0. The molecule has 0 fully saturated rings. The minimum Gasteiger partial charge on any atom is -0.508 e. The number of aliphatic hydroxyl groups is 1. The normalized spacial score (nSPS) is 23.4. The fraction of sp³-hybridized carbons (Fsp3) is 0.478. The van der Waals surface area contributed by atoms with Crippen molar-refractivity contribution in [3.63, 3.8) is 0 Å². The van der Waals surface area contributed by atoms with Crippen LogP contribution in [0, 0.1) is 5.92 Å². The van der Waals surface area contributed by atoms with Crippen LogP contribution < -0.4 is 0 Å². The van der Waals surface area contributed by atoms with Crippen LogP contribution in [0.1, 0.15) is 52.0 Å². The minimum atomic E-state index is -0.446. The molecule has 1 aromatic rings. The summed E-state index contributed by atoms with van der Waals surface area (Å²) < 4.78 is 13.4. The van der Waals surface area contributed by atoms with E-state index in [0.29, 0.717) is 12.4 Å². The van der Waals surface area contributed by atoms with Crippen LogP contribution in [0.2, 0.25) is 0 Å². The van der Waals surface area contributed by atoms with E-state index in [1.807, 2.05) is 13.0 Å². The molecule has 0 aliphatic carbocycles. The summed E-state index contributed by atoms with van der Waals surface area (Å²) in [5.74, 6) is 2.37. The molecule has 0 saturated heterocycles. The first kappa shape index (κ1) is 20.1. The van der Waals surface area contributed by atoms with Gasteiger partial charge in [-0.15, -0.1) is 0 Å². The molecule has 0 spiro atoms. The highest BCUT2D eigenvalue weighted by atomic mass is 79.9. The van der Waals surface area contributed by atoms with Crippen molar-refractivity contribution in [1.82, 2.24) is 0 Å². The Morgan fingerprint density at radius 1 is 1.22 bits per heavy atom. The maximum Gasteiger partial charge on any atom is 0.140 e. The molecule has 2 unspecified atom stereocenters. The van der Waals surface area contributed by atoms with Gasteiger partial charge in [0.15, 0.2) is 0 Å². The summed E-state index contributed by atoms with van der Waals surface area (Å²) in [5.41, 5.74) is 1.70. The van der Waals surface area contributed by atoms with Crippen molar-refractivity contribution < 1.29 is 14.6 Å². The maximum atomic E-state index is 10.8. The van der Waals surface area contributed by atoms with Crippen LogP contribution in [0.5, 0.6) is 0 Å². The third kappa shape index (κ3) is 4.43. The number of aliphatic hydroxyl groups excluding tert-OH is 1. The van der Waals surface area contributed by atoms with Gasteiger partial charge in [-0.1, -0.05) is 48.3 Å². The first-order chi connectivity index (χ1) is 13.0. The SMILES string of the molecule is CCCC1(C2=C(O)C=C(C(CC)Cc3ccc(Br)cc3)OC2)CC=C(C)O1. The van der Waals surface area contributed by atoms with Crippen molar-refractivity contribution in [2.24, 2.45) is 5.92 Å². The van der Waals surface area contributed by atoms with Crippen LogP contribution in [0.25, 0.3) is 0 Å². The number of ether oxygens (including phenoxy) is 2. The quantitative estimate of drug-likeness (QED) is 0.526. The van der Waals surface area contributed by atoms with E-state index in [1.54, 1.807) is 0 Å². The van der Waals surface area contributed by atoms with Gasteiger partial charge in [0, 0.05) is 22.9 Å². The highest BCUT2D eigenvalue weighted by Crippen LogP contribution is 2.42. The number of halogens is 1. The molecule has 0 bridgehead atoms. The predicted octanol–water partition coefficient (Wildman–Crippen LogP) is 6.61. The van der Waals surface area contributed by atoms with Crippen LogP contribution in [0.3, 0.4) is 0 Å². The Balaban J connectivity index is 1.81. The van der Waals surface area contributed by atoms with Gasteiger partial charge in [-0.05, 0) is 50.0 Å². The Bertz CT molecular complexity index is 760. The molecule has 0 aromatic heterocycles. The fourth-order valence-corrected chi connectivity index (χ4v) is 4.30. The first-order valence-electron chi connectivity index (χ1n) is 9.84. The van der Waals surface area contributed by atoms with Crippen molar-refractivity contribution in [1.29, 1.82) is 0 Å². The Kier molecular flexibility index (Phi) is 6.36. The lowest BCUT2D eigenvalue weighted by atomic mass is 9.84. The molecule has 1 aromatic carbocycles. The van der Waals surface area contributed by atoms with E-state index in [2.05, 4.69) is 60.1 Å². The van der Waals surface area contributed by atoms with Gasteiger partial charge in [-0.2, -0.15) is 0 Å². The Hall–Kier alpha value is -1.68. The summed E-state index contributed by atoms with van der Waals surface area (Å²) in [6, 6.07) is 8.40. The van der Waals surface area contributed by atoms with E-state index >= 15 is 0 Å². The molecular formula is C23H29BrO3. The maximum absolute atomic E-state index is 10.8. The van der Waals surface area contributed by atoms with Gasteiger partial charge >= 0.3 is 0 Å². The third-order valence-corrected chi connectivity index (χ3v) is 6.07. The zero-order valence-electron chi connectivity index (χ0n) is 16.4. The van der Waals surface area contributed by atoms with E-state index in [9.17, 15) is 5.11 Å². The van der Waals surface area contributed by atoms with Gasteiger partial charge in [0.2, 0.25) is 0 Å². The smallest absolute Gasteiger partial charge is 0.140 e. The summed E-state index contributed by atoms with van der Waals surface area (Å²) in [7, 11) is 0. The fourth-order valence-electron chi connectivity index (χ4n) is 4.04. The van der Waals surface area contributed by atoms with Crippen LogP contribution in [-0.4, -0.2) is 17.3 Å². The molecule has 0 saturated carbocycles. The summed E-state index contributed by atoms with van der Waals surface area (Å²) in [6.07, 6.45) is 8.46. The highest BCUT2D eigenvalue weighted by molar-refractivity contribution is 9.10. The van der Waals surface area contributed by atoms with Crippen LogP contribution in [-0.2, 0) is 15.9 Å². The highest BCUT2D eigenvalue weighted by Gasteiger charge is 2.42. The molecular weight excluding hydrogens is 404 g/mol. The van der Waals surface area contributed by atoms with E-state index < -0.39 is 5.60 Å². The molecule has 1 N–H and O–H groups in total. The predicted molar refractivity (Wildman–Crippen MR) is 112 cm³/mol. The van der Waals surface area contributed by atoms with E-state index in [-0.39, 0.29) is 5.92 Å². The second kappa shape index (κ2) is 8.55. The van der Waals surface area contributed by atoms with E-state index in [0.717, 1.165) is 53.7 Å². The molecule has 0 radical (unpaired) electrons. The Labute approximate surface area is 170 Å². The van der Waals surface area contributed by atoms with Gasteiger partial charge < -0.3 is 14.6 Å². The molecule has 3 nitrogen and oxygen atoms in total. The lowest BCUT2D eigenvalue weighted by Crippen LogP contribution is -2.35. The summed E-state index contributed by atoms with van der Waals surface area (Å²) in [6.45, 7) is 6.68. The Morgan fingerprint density at radius 3 is 2.52 bits per heavy atom.